The van der Waals surface area contributed by atoms with E-state index in [1.807, 2.05) is 18.2 Å². The molecule has 2 aromatic rings. The first-order valence-electron chi connectivity index (χ1n) is 8.49. The van der Waals surface area contributed by atoms with Crippen LogP contribution in [0.4, 0.5) is 19.0 Å². The molecule has 1 aliphatic rings. The molecule has 1 aromatic carbocycles. The third kappa shape index (κ3) is 4.66. The number of hydrogen-bond acceptors (Lipinski definition) is 5. The lowest BCUT2D eigenvalue weighted by atomic mass is 10.2. The van der Waals surface area contributed by atoms with Crippen molar-refractivity contribution in [3.63, 3.8) is 0 Å². The zero-order valence-electron chi connectivity index (χ0n) is 14.7. The Kier molecular flexibility index (Phi) is 5.48. The van der Waals surface area contributed by atoms with Crippen molar-refractivity contribution in [1.82, 2.24) is 14.9 Å². The fourth-order valence-corrected chi connectivity index (χ4v) is 2.84. The van der Waals surface area contributed by atoms with Crippen LogP contribution in [0.15, 0.2) is 42.7 Å². The van der Waals surface area contributed by atoms with E-state index in [1.54, 1.807) is 28.9 Å². The number of carbonyl (C=O) groups excluding carboxylic acids is 1. The molecule has 0 spiro atoms. The molecule has 1 amide bonds. The number of halogens is 3. The highest BCUT2D eigenvalue weighted by atomic mass is 19.4. The maximum Gasteiger partial charge on any atom is 0.433 e. The number of piperazine rings is 1. The Balaban J connectivity index is 1.58. The fraction of sp³-hybridized carbons (Fsp3) is 0.389. The van der Waals surface area contributed by atoms with Crippen molar-refractivity contribution < 1.29 is 22.7 Å². The van der Waals surface area contributed by atoms with Crippen LogP contribution < -0.4 is 9.64 Å². The van der Waals surface area contributed by atoms with Gasteiger partial charge in [-0.15, -0.1) is 0 Å². The van der Waals surface area contributed by atoms with Crippen molar-refractivity contribution in [1.29, 1.82) is 0 Å². The van der Waals surface area contributed by atoms with Gasteiger partial charge in [-0.05, 0) is 19.1 Å². The molecule has 27 heavy (non-hydrogen) atoms. The maximum atomic E-state index is 12.8. The van der Waals surface area contributed by atoms with E-state index in [1.165, 1.54) is 0 Å². The molecule has 0 saturated carbocycles. The second kappa shape index (κ2) is 7.81. The summed E-state index contributed by atoms with van der Waals surface area (Å²) < 4.78 is 44.0. The average Bonchev–Trinajstić information content (AvgIpc) is 2.68. The molecule has 0 bridgehead atoms. The lowest BCUT2D eigenvalue weighted by Gasteiger charge is -2.36. The summed E-state index contributed by atoms with van der Waals surface area (Å²) in [6.07, 6.45) is -4.25. The van der Waals surface area contributed by atoms with E-state index in [0.717, 1.165) is 12.4 Å². The fourth-order valence-electron chi connectivity index (χ4n) is 2.84. The van der Waals surface area contributed by atoms with Gasteiger partial charge < -0.3 is 14.5 Å². The van der Waals surface area contributed by atoms with Crippen molar-refractivity contribution in [3.8, 4) is 5.75 Å². The number of benzene rings is 1. The van der Waals surface area contributed by atoms with Gasteiger partial charge in [-0.1, -0.05) is 18.2 Å². The first kappa shape index (κ1) is 18.9. The summed E-state index contributed by atoms with van der Waals surface area (Å²) in [5.74, 6) is 0.660. The first-order valence-corrected chi connectivity index (χ1v) is 8.49. The van der Waals surface area contributed by atoms with Gasteiger partial charge >= 0.3 is 6.18 Å². The Morgan fingerprint density at radius 2 is 1.78 bits per heavy atom. The first-order chi connectivity index (χ1) is 12.8. The Hall–Kier alpha value is -2.84. The monoisotopic (exact) mass is 380 g/mol. The molecule has 1 fully saturated rings. The van der Waals surface area contributed by atoms with Crippen LogP contribution >= 0.6 is 0 Å². The molecule has 6 nitrogen and oxygen atoms in total. The molecule has 1 atom stereocenters. The van der Waals surface area contributed by atoms with Gasteiger partial charge in [-0.3, -0.25) is 4.79 Å². The van der Waals surface area contributed by atoms with Gasteiger partial charge in [0, 0.05) is 32.2 Å². The van der Waals surface area contributed by atoms with Crippen LogP contribution in [0.2, 0.25) is 0 Å². The molecule has 1 aliphatic heterocycles. The van der Waals surface area contributed by atoms with E-state index in [4.69, 9.17) is 4.74 Å². The van der Waals surface area contributed by atoms with Crippen LogP contribution in [0.5, 0.6) is 5.75 Å². The molecule has 9 heteroatoms. The molecule has 0 N–H and O–H groups in total. The van der Waals surface area contributed by atoms with Crippen LogP contribution in [0.1, 0.15) is 12.6 Å². The number of carbonyl (C=O) groups is 1. The Morgan fingerprint density at radius 3 is 2.41 bits per heavy atom. The van der Waals surface area contributed by atoms with Crippen molar-refractivity contribution in [2.75, 3.05) is 31.1 Å². The number of ether oxygens (including phenoxy) is 1. The van der Waals surface area contributed by atoms with E-state index >= 15 is 0 Å². The van der Waals surface area contributed by atoms with Gasteiger partial charge in [0.2, 0.25) is 0 Å². The molecule has 0 radical (unpaired) electrons. The predicted octanol–water partition coefficient (Wildman–Crippen LogP) is 2.61. The van der Waals surface area contributed by atoms with Crippen molar-refractivity contribution in [2.24, 2.45) is 0 Å². The SMILES string of the molecule is CC(Oc1ccccc1)C(=O)N1CCN(c2cc(C(F)(F)F)ncn2)CC1. The van der Waals surface area contributed by atoms with E-state index in [-0.39, 0.29) is 11.7 Å². The highest BCUT2D eigenvalue weighted by molar-refractivity contribution is 5.81. The van der Waals surface area contributed by atoms with Gasteiger partial charge in [0.15, 0.2) is 6.10 Å². The second-order valence-electron chi connectivity index (χ2n) is 6.14. The third-order valence-corrected chi connectivity index (χ3v) is 4.26. The molecule has 144 valence electrons. The van der Waals surface area contributed by atoms with Crippen molar-refractivity contribution in [2.45, 2.75) is 19.2 Å². The minimum absolute atomic E-state index is 0.155. The third-order valence-electron chi connectivity index (χ3n) is 4.26. The van der Waals surface area contributed by atoms with Crippen LogP contribution in [-0.4, -0.2) is 53.1 Å². The second-order valence-corrected chi connectivity index (χ2v) is 6.14. The van der Waals surface area contributed by atoms with Crippen LogP contribution in [0.25, 0.3) is 0 Å². The zero-order valence-corrected chi connectivity index (χ0v) is 14.7. The quantitative estimate of drug-likeness (QED) is 0.816. The van der Waals surface area contributed by atoms with Crippen LogP contribution in [-0.2, 0) is 11.0 Å². The number of amides is 1. The summed E-state index contributed by atoms with van der Waals surface area (Å²) >= 11 is 0. The number of hydrogen-bond donors (Lipinski definition) is 0. The minimum Gasteiger partial charge on any atom is -0.481 e. The van der Waals surface area contributed by atoms with Gasteiger partial charge in [-0.25, -0.2) is 9.97 Å². The standard InChI is InChI=1S/C18H19F3N4O2/c1-13(27-14-5-3-2-4-6-14)17(26)25-9-7-24(8-10-25)16-11-15(18(19,20)21)22-12-23-16/h2-6,11-13H,7-10H2,1H3. The molecular formula is C18H19F3N4O2. The van der Waals surface area contributed by atoms with Gasteiger partial charge in [0.1, 0.15) is 23.6 Å². The van der Waals surface area contributed by atoms with Crippen molar-refractivity contribution >= 4 is 11.7 Å². The summed E-state index contributed by atoms with van der Waals surface area (Å²) in [5.41, 5.74) is -0.976. The van der Waals surface area contributed by atoms with Crippen LogP contribution in [0, 0.1) is 0 Å². The number of anilines is 1. The normalized spacial score (nSPS) is 16.1. The number of para-hydroxylation sites is 1. The molecule has 3 rings (SSSR count). The molecular weight excluding hydrogens is 361 g/mol. The Labute approximate surface area is 154 Å². The smallest absolute Gasteiger partial charge is 0.433 e. The summed E-state index contributed by atoms with van der Waals surface area (Å²) in [6.45, 7) is 3.22. The van der Waals surface area contributed by atoms with Crippen LogP contribution in [0.3, 0.4) is 0 Å². The minimum atomic E-state index is -4.51. The maximum absolute atomic E-state index is 12.8. The summed E-state index contributed by atoms with van der Waals surface area (Å²) in [6, 6.07) is 9.98. The number of aromatic nitrogens is 2. The highest BCUT2D eigenvalue weighted by Gasteiger charge is 2.34. The molecule has 0 aliphatic carbocycles. The summed E-state index contributed by atoms with van der Waals surface area (Å²) in [4.78, 5) is 23.1. The van der Waals surface area contributed by atoms with E-state index in [2.05, 4.69) is 9.97 Å². The van der Waals surface area contributed by atoms with E-state index in [9.17, 15) is 18.0 Å². The predicted molar refractivity (Wildman–Crippen MR) is 92.4 cm³/mol. The van der Waals surface area contributed by atoms with Gasteiger partial charge in [0.25, 0.3) is 5.91 Å². The largest absolute Gasteiger partial charge is 0.481 e. The lowest BCUT2D eigenvalue weighted by Crippen LogP contribution is -2.52. The lowest BCUT2D eigenvalue weighted by molar-refractivity contribution is -0.141. The Morgan fingerprint density at radius 1 is 1.11 bits per heavy atom. The zero-order chi connectivity index (χ0) is 19.4. The summed E-state index contributed by atoms with van der Waals surface area (Å²) in [5, 5.41) is 0. The Bertz CT molecular complexity index is 778. The number of rotatable bonds is 4. The van der Waals surface area contributed by atoms with E-state index < -0.39 is 18.0 Å². The molecule has 2 heterocycles. The number of nitrogens with zero attached hydrogens (tertiary/aromatic N) is 4. The number of alkyl halides is 3. The molecule has 1 aromatic heterocycles. The topological polar surface area (TPSA) is 58.6 Å². The van der Waals surface area contributed by atoms with Gasteiger partial charge in [-0.2, -0.15) is 13.2 Å². The highest BCUT2D eigenvalue weighted by Crippen LogP contribution is 2.29. The summed E-state index contributed by atoms with van der Waals surface area (Å²) in [7, 11) is 0. The molecule has 1 unspecified atom stereocenters. The van der Waals surface area contributed by atoms with Crippen molar-refractivity contribution in [3.05, 3.63) is 48.4 Å². The van der Waals surface area contributed by atoms with Gasteiger partial charge in [0.05, 0.1) is 0 Å². The molecule has 1 saturated heterocycles. The van der Waals surface area contributed by atoms with E-state index in [0.29, 0.717) is 31.9 Å². The average molecular weight is 380 g/mol.